The van der Waals surface area contributed by atoms with Gasteiger partial charge in [0.15, 0.2) is 5.75 Å². The molecule has 2 aromatic carbocycles. The number of aliphatic hydroxyl groups is 2. The summed E-state index contributed by atoms with van der Waals surface area (Å²) in [7, 11) is 2.79. The molecule has 0 saturated carbocycles. The molecular formula is C25H27F3N2O6. The van der Waals surface area contributed by atoms with Gasteiger partial charge < -0.3 is 30.3 Å². The molecule has 194 valence electrons. The van der Waals surface area contributed by atoms with E-state index in [-0.39, 0.29) is 18.1 Å². The van der Waals surface area contributed by atoms with Crippen molar-refractivity contribution in [1.29, 1.82) is 0 Å². The van der Waals surface area contributed by atoms with Crippen molar-refractivity contribution in [3.63, 3.8) is 0 Å². The summed E-state index contributed by atoms with van der Waals surface area (Å²) in [6.07, 6.45) is -4.19. The fourth-order valence-corrected chi connectivity index (χ4v) is 4.35. The second kappa shape index (κ2) is 11.0. The van der Waals surface area contributed by atoms with Crippen LogP contribution in [0.15, 0.2) is 41.3 Å². The van der Waals surface area contributed by atoms with Gasteiger partial charge in [-0.05, 0) is 47.2 Å². The maximum Gasteiger partial charge on any atom is 0.471 e. The van der Waals surface area contributed by atoms with Crippen LogP contribution in [-0.2, 0) is 24.4 Å². The van der Waals surface area contributed by atoms with E-state index in [0.717, 1.165) is 5.56 Å². The zero-order valence-electron chi connectivity index (χ0n) is 19.8. The molecule has 0 radical (unpaired) electrons. The lowest BCUT2D eigenvalue weighted by Crippen LogP contribution is -2.39. The van der Waals surface area contributed by atoms with Gasteiger partial charge in [0, 0.05) is 16.8 Å². The van der Waals surface area contributed by atoms with Gasteiger partial charge in [-0.3, -0.25) is 9.59 Å². The van der Waals surface area contributed by atoms with Crippen LogP contribution in [0.5, 0.6) is 11.5 Å². The lowest BCUT2D eigenvalue weighted by atomic mass is 9.91. The number of aliphatic hydroxyl groups excluding tert-OH is 2. The lowest BCUT2D eigenvalue weighted by Gasteiger charge is -2.22. The van der Waals surface area contributed by atoms with E-state index in [1.54, 1.807) is 17.4 Å². The first-order valence-electron chi connectivity index (χ1n) is 11.0. The monoisotopic (exact) mass is 508 g/mol. The standard InChI is InChI=1S/C25H27F3N2O6/c1-13(10-29-24(34)25(26,27)28)30-19-6-4-14-8-15(11-31)18(12-32)23(36-3)22(14)16-5-7-21(35-2)20(33)9-17(16)19/h5,7-9,19,30-32H,1,4,6,10-12H2,2-3H3,(H,29,34). The molecule has 0 spiro atoms. The molecule has 0 heterocycles. The lowest BCUT2D eigenvalue weighted by molar-refractivity contribution is -0.173. The normalized spacial score (nSPS) is 14.7. The predicted octanol–water partition coefficient (Wildman–Crippen LogP) is 2.48. The van der Waals surface area contributed by atoms with Crippen molar-refractivity contribution in [2.45, 2.75) is 38.3 Å². The molecule has 1 amide bonds. The first-order chi connectivity index (χ1) is 17.0. The number of hydrogen-bond acceptors (Lipinski definition) is 7. The number of aryl methyl sites for hydroxylation is 1. The zero-order valence-corrected chi connectivity index (χ0v) is 19.8. The summed E-state index contributed by atoms with van der Waals surface area (Å²) in [6.45, 7) is 2.53. The highest BCUT2D eigenvalue weighted by molar-refractivity contribution is 5.82. The molecule has 0 aliphatic heterocycles. The molecule has 0 fully saturated rings. The fraction of sp³-hybridized carbons (Fsp3) is 0.360. The molecule has 1 unspecified atom stereocenters. The third-order valence-corrected chi connectivity index (χ3v) is 6.00. The minimum Gasteiger partial charge on any atom is -0.496 e. The van der Waals surface area contributed by atoms with Crippen LogP contribution in [0, 0.1) is 0 Å². The number of carbonyl (C=O) groups is 1. The molecule has 1 aliphatic carbocycles. The average Bonchev–Trinajstić information content (AvgIpc) is 3.09. The number of amides is 1. The van der Waals surface area contributed by atoms with Gasteiger partial charge in [-0.1, -0.05) is 18.7 Å². The van der Waals surface area contributed by atoms with Crippen molar-refractivity contribution in [2.75, 3.05) is 20.8 Å². The summed E-state index contributed by atoms with van der Waals surface area (Å²) in [6, 6.07) is 5.73. The van der Waals surface area contributed by atoms with Gasteiger partial charge in [0.25, 0.3) is 0 Å². The van der Waals surface area contributed by atoms with Gasteiger partial charge in [-0.2, -0.15) is 13.2 Å². The molecular weight excluding hydrogens is 481 g/mol. The largest absolute Gasteiger partial charge is 0.496 e. The van der Waals surface area contributed by atoms with Crippen LogP contribution in [0.2, 0.25) is 0 Å². The molecule has 1 atom stereocenters. The van der Waals surface area contributed by atoms with Crippen molar-refractivity contribution in [3.05, 3.63) is 69.0 Å². The highest BCUT2D eigenvalue weighted by Gasteiger charge is 2.38. The molecule has 4 N–H and O–H groups in total. The van der Waals surface area contributed by atoms with E-state index in [2.05, 4.69) is 11.9 Å². The number of fused-ring (bicyclic) bond motifs is 3. The highest BCUT2D eigenvalue weighted by Crippen LogP contribution is 2.45. The summed E-state index contributed by atoms with van der Waals surface area (Å²) in [4.78, 5) is 24.0. The van der Waals surface area contributed by atoms with Crippen LogP contribution in [0.3, 0.4) is 0 Å². The van der Waals surface area contributed by atoms with Crippen LogP contribution in [0.25, 0.3) is 11.1 Å². The third kappa shape index (κ3) is 5.47. The molecule has 8 nitrogen and oxygen atoms in total. The molecule has 0 saturated heterocycles. The Balaban J connectivity index is 2.13. The number of carbonyl (C=O) groups excluding carboxylic acids is 1. The summed E-state index contributed by atoms with van der Waals surface area (Å²) in [5, 5.41) is 24.6. The van der Waals surface area contributed by atoms with Crippen LogP contribution in [0.4, 0.5) is 13.2 Å². The Labute approximate surface area is 205 Å². The Bertz CT molecular complexity index is 1230. The third-order valence-electron chi connectivity index (χ3n) is 6.00. The van der Waals surface area contributed by atoms with E-state index in [1.807, 2.05) is 0 Å². The summed E-state index contributed by atoms with van der Waals surface area (Å²) in [5.74, 6) is -1.67. The molecule has 11 heteroatoms. The van der Waals surface area contributed by atoms with Gasteiger partial charge >= 0.3 is 12.1 Å². The Morgan fingerprint density at radius 1 is 1.17 bits per heavy atom. The fourth-order valence-electron chi connectivity index (χ4n) is 4.35. The van der Waals surface area contributed by atoms with Crippen molar-refractivity contribution < 1.29 is 37.7 Å². The topological polar surface area (TPSA) is 117 Å². The maximum atomic E-state index is 12.8. The van der Waals surface area contributed by atoms with E-state index in [0.29, 0.717) is 46.4 Å². The summed E-state index contributed by atoms with van der Waals surface area (Å²) >= 11 is 0. The second-order valence-electron chi connectivity index (χ2n) is 8.20. The zero-order chi connectivity index (χ0) is 26.6. The second-order valence-corrected chi connectivity index (χ2v) is 8.20. The van der Waals surface area contributed by atoms with E-state index in [9.17, 15) is 33.0 Å². The van der Waals surface area contributed by atoms with Gasteiger partial charge in [0.1, 0.15) is 5.75 Å². The molecule has 0 bridgehead atoms. The first-order valence-corrected chi connectivity index (χ1v) is 11.0. The van der Waals surface area contributed by atoms with Crippen LogP contribution in [-0.4, -0.2) is 43.1 Å². The Morgan fingerprint density at radius 2 is 1.89 bits per heavy atom. The highest BCUT2D eigenvalue weighted by atomic mass is 19.4. The Hall–Kier alpha value is -3.57. The van der Waals surface area contributed by atoms with Gasteiger partial charge in [0.2, 0.25) is 5.43 Å². The van der Waals surface area contributed by atoms with E-state index in [4.69, 9.17) is 9.47 Å². The van der Waals surface area contributed by atoms with Crippen molar-refractivity contribution in [3.8, 4) is 22.6 Å². The van der Waals surface area contributed by atoms with Gasteiger partial charge in [-0.25, -0.2) is 0 Å². The van der Waals surface area contributed by atoms with E-state index >= 15 is 0 Å². The molecule has 0 aromatic heterocycles. The minimum atomic E-state index is -5.02. The molecule has 36 heavy (non-hydrogen) atoms. The smallest absolute Gasteiger partial charge is 0.471 e. The van der Waals surface area contributed by atoms with Gasteiger partial charge in [0.05, 0.1) is 40.0 Å². The molecule has 2 aromatic rings. The predicted molar refractivity (Wildman–Crippen MR) is 126 cm³/mol. The molecule has 3 rings (SSSR count). The summed E-state index contributed by atoms with van der Waals surface area (Å²) in [5.41, 5.74) is 3.06. The number of benzene rings is 1. The Kier molecular flexibility index (Phi) is 8.26. The first kappa shape index (κ1) is 27.0. The summed E-state index contributed by atoms with van der Waals surface area (Å²) < 4.78 is 48.5. The number of nitrogens with one attached hydrogen (secondary N) is 2. The van der Waals surface area contributed by atoms with Gasteiger partial charge in [-0.15, -0.1) is 0 Å². The van der Waals surface area contributed by atoms with Crippen molar-refractivity contribution in [2.24, 2.45) is 0 Å². The van der Waals surface area contributed by atoms with Crippen molar-refractivity contribution in [1.82, 2.24) is 10.6 Å². The molecule has 1 aliphatic rings. The van der Waals surface area contributed by atoms with Crippen molar-refractivity contribution >= 4 is 5.91 Å². The quantitative estimate of drug-likeness (QED) is 0.433. The van der Waals surface area contributed by atoms with Crippen LogP contribution < -0.4 is 25.5 Å². The van der Waals surface area contributed by atoms with Crippen LogP contribution >= 0.6 is 0 Å². The van der Waals surface area contributed by atoms with Crippen LogP contribution in [0.1, 0.15) is 34.7 Å². The average molecular weight is 508 g/mol. The number of hydrogen-bond donors (Lipinski definition) is 4. The number of methoxy groups -OCH3 is 2. The van der Waals surface area contributed by atoms with E-state index < -0.39 is 36.7 Å². The number of ether oxygens (including phenoxy) is 2. The maximum absolute atomic E-state index is 12.8. The number of halogens is 3. The number of rotatable bonds is 8. The SMILES string of the molecule is C=C(CNC(=O)C(F)(F)F)NC1CCc2cc(CO)c(CO)c(OC)c2-c2ccc(OC)c(=O)cc21. The Morgan fingerprint density at radius 3 is 2.47 bits per heavy atom. The minimum absolute atomic E-state index is 0.0768. The van der Waals surface area contributed by atoms with E-state index in [1.165, 1.54) is 26.4 Å². The number of alkyl halides is 3.